The Morgan fingerprint density at radius 2 is 2.00 bits per heavy atom. The molecule has 1 saturated carbocycles. The number of hydrogen-bond donors (Lipinski definition) is 3. The Labute approximate surface area is 177 Å². The van der Waals surface area contributed by atoms with Gasteiger partial charge in [0.2, 0.25) is 0 Å². The van der Waals surface area contributed by atoms with E-state index in [1.165, 1.54) is 50.3 Å². The minimum atomic E-state index is -1.17. The summed E-state index contributed by atoms with van der Waals surface area (Å²) in [5.74, 6) is -0.628. The second-order valence-corrected chi connectivity index (χ2v) is 7.30. The van der Waals surface area contributed by atoms with Gasteiger partial charge in [0.1, 0.15) is 5.82 Å². The van der Waals surface area contributed by atoms with Crippen molar-refractivity contribution < 1.29 is 14.4 Å². The van der Waals surface area contributed by atoms with E-state index in [9.17, 15) is 9.18 Å². The number of carbonyl (C=O) groups is 1. The average Bonchev–Trinajstić information content (AvgIpc) is 3.10. The van der Waals surface area contributed by atoms with E-state index in [-0.39, 0.29) is 24.8 Å². The Bertz CT molecular complexity index is 639. The standard InChI is InChI=1S/C19H27FN4O2.2ClH/c20-17(19(25)23-26)10-15-6-7-18(21-11-15)22-16-8-9-24(13-16)12-14-4-2-1-3-5-14;;/h6-7,10-11,14,16,26H,1-5,8-9,12-13H2,(H,21,22)(H,23,25);2*1H/b17-10+;;/t16-;;/m1../s1. The number of amides is 1. The first kappa shape index (κ1) is 24.6. The van der Waals surface area contributed by atoms with Crippen LogP contribution in [-0.2, 0) is 4.79 Å². The lowest BCUT2D eigenvalue weighted by Crippen LogP contribution is -2.31. The molecule has 0 radical (unpaired) electrons. The highest BCUT2D eigenvalue weighted by Crippen LogP contribution is 2.26. The van der Waals surface area contributed by atoms with E-state index < -0.39 is 11.7 Å². The summed E-state index contributed by atoms with van der Waals surface area (Å²) in [7, 11) is 0. The van der Waals surface area contributed by atoms with Gasteiger partial charge in [-0.15, -0.1) is 24.8 Å². The van der Waals surface area contributed by atoms with Gasteiger partial charge in [0.25, 0.3) is 0 Å². The van der Waals surface area contributed by atoms with Gasteiger partial charge in [-0.05, 0) is 49.0 Å². The molecule has 28 heavy (non-hydrogen) atoms. The fourth-order valence-corrected chi connectivity index (χ4v) is 3.90. The van der Waals surface area contributed by atoms with Crippen molar-refractivity contribution >= 4 is 42.6 Å². The maximum atomic E-state index is 13.4. The first-order chi connectivity index (χ1) is 12.6. The van der Waals surface area contributed by atoms with Crippen LogP contribution in [0.25, 0.3) is 6.08 Å². The molecule has 0 unspecified atom stereocenters. The summed E-state index contributed by atoms with van der Waals surface area (Å²) >= 11 is 0. The number of nitrogens with one attached hydrogen (secondary N) is 2. The minimum absolute atomic E-state index is 0. The van der Waals surface area contributed by atoms with E-state index in [4.69, 9.17) is 5.21 Å². The first-order valence-electron chi connectivity index (χ1n) is 9.40. The molecule has 0 bridgehead atoms. The number of halogens is 3. The number of pyridine rings is 1. The lowest BCUT2D eigenvalue weighted by atomic mass is 9.89. The molecule has 3 rings (SSSR count). The third-order valence-corrected chi connectivity index (χ3v) is 5.26. The van der Waals surface area contributed by atoms with E-state index in [1.54, 1.807) is 12.1 Å². The van der Waals surface area contributed by atoms with Gasteiger partial charge in [0, 0.05) is 31.9 Å². The van der Waals surface area contributed by atoms with E-state index in [0.29, 0.717) is 11.6 Å². The number of anilines is 1. The Morgan fingerprint density at radius 3 is 2.64 bits per heavy atom. The smallest absolute Gasteiger partial charge is 0.303 e. The van der Waals surface area contributed by atoms with Crippen LogP contribution in [0.5, 0.6) is 0 Å². The molecule has 1 aromatic heterocycles. The van der Waals surface area contributed by atoms with Gasteiger partial charge in [-0.3, -0.25) is 10.0 Å². The summed E-state index contributed by atoms with van der Waals surface area (Å²) in [5, 5.41) is 11.8. The number of aromatic nitrogens is 1. The van der Waals surface area contributed by atoms with Crippen LogP contribution in [0.2, 0.25) is 0 Å². The third kappa shape index (κ3) is 7.20. The van der Waals surface area contributed by atoms with E-state index in [0.717, 1.165) is 37.3 Å². The van der Waals surface area contributed by atoms with Crippen LogP contribution in [-0.4, -0.2) is 46.7 Å². The largest absolute Gasteiger partial charge is 0.366 e. The highest BCUT2D eigenvalue weighted by Gasteiger charge is 2.25. The molecule has 0 spiro atoms. The van der Waals surface area contributed by atoms with Gasteiger partial charge in [-0.1, -0.05) is 19.3 Å². The Morgan fingerprint density at radius 1 is 1.25 bits per heavy atom. The Kier molecular flexibility index (Phi) is 10.7. The maximum Gasteiger partial charge on any atom is 0.303 e. The van der Waals surface area contributed by atoms with E-state index in [2.05, 4.69) is 15.2 Å². The molecular formula is C19H29Cl2FN4O2. The third-order valence-electron chi connectivity index (χ3n) is 5.26. The summed E-state index contributed by atoms with van der Waals surface area (Å²) < 4.78 is 13.4. The predicted octanol–water partition coefficient (Wildman–Crippen LogP) is 3.81. The molecule has 6 nitrogen and oxygen atoms in total. The van der Waals surface area contributed by atoms with Crippen LogP contribution >= 0.6 is 24.8 Å². The molecule has 1 atom stereocenters. The van der Waals surface area contributed by atoms with Crippen molar-refractivity contribution in [1.29, 1.82) is 0 Å². The SMILES string of the molecule is Cl.Cl.O=C(NO)/C(F)=C\c1ccc(N[C@@H]2CCN(CC3CCCCC3)C2)nc1. The van der Waals surface area contributed by atoms with Crippen molar-refractivity contribution in [2.45, 2.75) is 44.6 Å². The topological polar surface area (TPSA) is 77.5 Å². The van der Waals surface area contributed by atoms with Gasteiger partial charge < -0.3 is 10.2 Å². The molecule has 2 aliphatic rings. The van der Waals surface area contributed by atoms with Crippen molar-refractivity contribution in [2.24, 2.45) is 5.92 Å². The number of rotatable bonds is 6. The molecule has 1 saturated heterocycles. The molecule has 1 aliphatic heterocycles. The van der Waals surface area contributed by atoms with Crippen molar-refractivity contribution in [3.05, 3.63) is 29.7 Å². The summed E-state index contributed by atoms with van der Waals surface area (Å²) in [6.07, 6.45) is 10.5. The van der Waals surface area contributed by atoms with Gasteiger partial charge in [-0.25, -0.2) is 14.9 Å². The van der Waals surface area contributed by atoms with E-state index in [1.807, 2.05) is 0 Å². The second-order valence-electron chi connectivity index (χ2n) is 7.30. The zero-order valence-corrected chi connectivity index (χ0v) is 17.4. The molecule has 1 aliphatic carbocycles. The number of carbonyl (C=O) groups excluding carboxylic acids is 1. The summed E-state index contributed by atoms with van der Waals surface area (Å²) in [5.41, 5.74) is 1.72. The van der Waals surface area contributed by atoms with Crippen LogP contribution < -0.4 is 10.8 Å². The highest BCUT2D eigenvalue weighted by molar-refractivity contribution is 5.94. The Balaban J connectivity index is 0.00000196. The zero-order chi connectivity index (χ0) is 18.4. The average molecular weight is 435 g/mol. The molecule has 158 valence electrons. The van der Waals surface area contributed by atoms with E-state index >= 15 is 0 Å². The molecule has 0 aromatic carbocycles. The fourth-order valence-electron chi connectivity index (χ4n) is 3.90. The van der Waals surface area contributed by atoms with Crippen LogP contribution in [0.15, 0.2) is 24.2 Å². The Hall–Kier alpha value is -1.41. The van der Waals surface area contributed by atoms with Crippen molar-refractivity contribution in [3.63, 3.8) is 0 Å². The summed E-state index contributed by atoms with van der Waals surface area (Å²) in [6.45, 7) is 3.36. The van der Waals surface area contributed by atoms with Crippen LogP contribution in [0.1, 0.15) is 44.1 Å². The molecule has 3 N–H and O–H groups in total. The number of nitrogens with zero attached hydrogens (tertiary/aromatic N) is 2. The monoisotopic (exact) mass is 434 g/mol. The van der Waals surface area contributed by atoms with Crippen molar-refractivity contribution in [2.75, 3.05) is 25.0 Å². The lowest BCUT2D eigenvalue weighted by Gasteiger charge is -2.26. The van der Waals surface area contributed by atoms with Crippen molar-refractivity contribution in [1.82, 2.24) is 15.4 Å². The van der Waals surface area contributed by atoms with Crippen molar-refractivity contribution in [3.8, 4) is 0 Å². The van der Waals surface area contributed by atoms with Crippen LogP contribution in [0.4, 0.5) is 10.2 Å². The molecule has 9 heteroatoms. The first-order valence-corrected chi connectivity index (χ1v) is 9.40. The van der Waals surface area contributed by atoms with Gasteiger partial charge in [0.15, 0.2) is 5.83 Å². The minimum Gasteiger partial charge on any atom is -0.366 e. The fraction of sp³-hybridized carbons (Fsp3) is 0.579. The number of hydrogen-bond acceptors (Lipinski definition) is 5. The normalized spacial score (nSPS) is 20.8. The molecule has 2 heterocycles. The van der Waals surface area contributed by atoms with Gasteiger partial charge >= 0.3 is 5.91 Å². The van der Waals surface area contributed by atoms with Crippen LogP contribution in [0, 0.1) is 5.92 Å². The summed E-state index contributed by atoms with van der Waals surface area (Å²) in [4.78, 5) is 17.8. The molecular weight excluding hydrogens is 406 g/mol. The molecule has 1 aromatic rings. The van der Waals surface area contributed by atoms with Gasteiger partial charge in [0.05, 0.1) is 0 Å². The van der Waals surface area contributed by atoms with Crippen LogP contribution in [0.3, 0.4) is 0 Å². The maximum absolute atomic E-state index is 13.4. The molecule has 2 fully saturated rings. The predicted molar refractivity (Wildman–Crippen MR) is 113 cm³/mol. The highest BCUT2D eigenvalue weighted by atomic mass is 35.5. The summed E-state index contributed by atoms with van der Waals surface area (Å²) in [6, 6.07) is 3.85. The number of likely N-dealkylation sites (tertiary alicyclic amines) is 1. The second kappa shape index (κ2) is 12.2. The van der Waals surface area contributed by atoms with Gasteiger partial charge in [-0.2, -0.15) is 0 Å². The lowest BCUT2D eigenvalue weighted by molar-refractivity contribution is -0.126. The number of hydroxylamine groups is 1. The zero-order valence-electron chi connectivity index (χ0n) is 15.8. The quantitative estimate of drug-likeness (QED) is 0.360. The molecule has 1 amide bonds.